The first-order valence-corrected chi connectivity index (χ1v) is 12.0. The van der Waals surface area contributed by atoms with Gasteiger partial charge in [0.05, 0.1) is 6.54 Å². The van der Waals surface area contributed by atoms with Gasteiger partial charge in [-0.25, -0.2) is 0 Å². The Balaban J connectivity index is 1.52. The zero-order chi connectivity index (χ0) is 22.3. The number of nitrogens with zero attached hydrogens (tertiary/aromatic N) is 2. The van der Waals surface area contributed by atoms with E-state index in [0.717, 1.165) is 44.9 Å². The zero-order valence-electron chi connectivity index (χ0n) is 19.8. The lowest BCUT2D eigenvalue weighted by molar-refractivity contribution is -0.134. The van der Waals surface area contributed by atoms with Crippen LogP contribution in [-0.2, 0) is 4.79 Å². The van der Waals surface area contributed by atoms with Gasteiger partial charge in [-0.3, -0.25) is 9.79 Å². The Hall–Kier alpha value is -2.08. The van der Waals surface area contributed by atoms with Gasteiger partial charge < -0.3 is 20.9 Å². The number of aliphatic imine (C=N–C) groups is 1. The van der Waals surface area contributed by atoms with Crippen LogP contribution in [0.4, 0.5) is 0 Å². The van der Waals surface area contributed by atoms with Crippen molar-refractivity contribution in [3.63, 3.8) is 0 Å². The highest BCUT2D eigenvalue weighted by Gasteiger charge is 2.32. The van der Waals surface area contributed by atoms with E-state index in [1.165, 1.54) is 18.4 Å². The highest BCUT2D eigenvalue weighted by Crippen LogP contribution is 2.27. The summed E-state index contributed by atoms with van der Waals surface area (Å²) in [5, 5.41) is 10.6. The summed E-state index contributed by atoms with van der Waals surface area (Å²) in [7, 11) is 0. The molecule has 1 aliphatic carbocycles. The van der Waals surface area contributed by atoms with Gasteiger partial charge in [0.1, 0.15) is 0 Å². The molecule has 172 valence electrons. The Kier molecular flexibility index (Phi) is 8.35. The van der Waals surface area contributed by atoms with Gasteiger partial charge in [0.25, 0.3) is 0 Å². The van der Waals surface area contributed by atoms with Crippen LogP contribution in [0.5, 0.6) is 0 Å². The molecule has 1 saturated heterocycles. The molecule has 2 aliphatic rings. The van der Waals surface area contributed by atoms with Gasteiger partial charge in [-0.1, -0.05) is 43.2 Å². The second-order valence-electron chi connectivity index (χ2n) is 9.75. The molecule has 1 aromatic rings. The third-order valence-electron chi connectivity index (χ3n) is 6.43. The van der Waals surface area contributed by atoms with Gasteiger partial charge in [-0.05, 0) is 52.5 Å². The van der Waals surface area contributed by atoms with Crippen LogP contribution in [0.15, 0.2) is 35.3 Å². The van der Waals surface area contributed by atoms with Crippen molar-refractivity contribution in [1.29, 1.82) is 0 Å². The number of hydrogen-bond donors (Lipinski definition) is 3. The minimum absolute atomic E-state index is 0.141. The lowest BCUT2D eigenvalue weighted by Gasteiger charge is -2.29. The van der Waals surface area contributed by atoms with E-state index in [9.17, 15) is 4.79 Å². The molecule has 2 atom stereocenters. The summed E-state index contributed by atoms with van der Waals surface area (Å²) in [6.07, 6.45) is 5.53. The summed E-state index contributed by atoms with van der Waals surface area (Å²) in [5.41, 5.74) is 1.14. The number of rotatable bonds is 8. The van der Waals surface area contributed by atoms with E-state index < -0.39 is 0 Å². The van der Waals surface area contributed by atoms with Crippen molar-refractivity contribution >= 4 is 11.9 Å². The molecule has 31 heavy (non-hydrogen) atoms. The fourth-order valence-corrected chi connectivity index (χ4v) is 4.76. The number of benzene rings is 1. The summed E-state index contributed by atoms with van der Waals surface area (Å²) < 4.78 is 0. The Morgan fingerprint density at radius 2 is 1.90 bits per heavy atom. The minimum Gasteiger partial charge on any atom is -0.357 e. The lowest BCUT2D eigenvalue weighted by atomic mass is 10.0. The average molecular weight is 428 g/mol. The zero-order valence-corrected chi connectivity index (χ0v) is 19.8. The van der Waals surface area contributed by atoms with Gasteiger partial charge in [0, 0.05) is 43.2 Å². The topological polar surface area (TPSA) is 68.8 Å². The largest absolute Gasteiger partial charge is 0.357 e. The lowest BCUT2D eigenvalue weighted by Crippen LogP contribution is -2.48. The maximum absolute atomic E-state index is 12.7. The first kappa shape index (κ1) is 23.6. The highest BCUT2D eigenvalue weighted by atomic mass is 16.2. The summed E-state index contributed by atoms with van der Waals surface area (Å²) in [4.78, 5) is 19.7. The van der Waals surface area contributed by atoms with Gasteiger partial charge in [0.15, 0.2) is 5.96 Å². The van der Waals surface area contributed by atoms with Crippen molar-refractivity contribution < 1.29 is 4.79 Å². The summed E-state index contributed by atoms with van der Waals surface area (Å²) in [6, 6.07) is 11.0. The van der Waals surface area contributed by atoms with Crippen LogP contribution in [-0.4, -0.2) is 54.5 Å². The molecule has 1 saturated carbocycles. The third-order valence-corrected chi connectivity index (χ3v) is 6.43. The molecule has 3 rings (SSSR count). The fraction of sp³-hybridized carbons (Fsp3) is 0.680. The number of hydrogen-bond acceptors (Lipinski definition) is 3. The van der Waals surface area contributed by atoms with Gasteiger partial charge in [-0.2, -0.15) is 0 Å². The first-order valence-electron chi connectivity index (χ1n) is 12.0. The van der Waals surface area contributed by atoms with E-state index >= 15 is 0 Å². The summed E-state index contributed by atoms with van der Waals surface area (Å²) in [6.45, 7) is 11.8. The Bertz CT molecular complexity index is 727. The van der Waals surface area contributed by atoms with Crippen molar-refractivity contribution in [2.24, 2.45) is 10.9 Å². The van der Waals surface area contributed by atoms with E-state index in [-0.39, 0.29) is 23.5 Å². The summed E-state index contributed by atoms with van der Waals surface area (Å²) >= 11 is 0. The standard InChI is InChI=1S/C25H41N5O/c1-5-26-24(27-18-25(3,4)29-19(2)20-11-7-6-8-12-20)28-22-15-16-30(17-22)23(31)21-13-9-10-14-21/h6-8,11-12,19,21-22,29H,5,9-10,13-18H2,1-4H3,(H2,26,27,28). The molecule has 0 spiro atoms. The molecule has 2 fully saturated rings. The maximum Gasteiger partial charge on any atom is 0.225 e. The predicted octanol–water partition coefficient (Wildman–Crippen LogP) is 3.46. The van der Waals surface area contributed by atoms with E-state index in [1.54, 1.807) is 0 Å². The molecule has 1 aliphatic heterocycles. The van der Waals surface area contributed by atoms with Crippen LogP contribution in [0.3, 0.4) is 0 Å². The van der Waals surface area contributed by atoms with Crippen molar-refractivity contribution in [3.8, 4) is 0 Å². The number of likely N-dealkylation sites (tertiary alicyclic amines) is 1. The monoisotopic (exact) mass is 427 g/mol. The number of guanidine groups is 1. The van der Waals surface area contributed by atoms with E-state index in [2.05, 4.69) is 72.8 Å². The maximum atomic E-state index is 12.7. The molecule has 1 amide bonds. The number of nitrogens with one attached hydrogen (secondary N) is 3. The van der Waals surface area contributed by atoms with Crippen LogP contribution in [0.25, 0.3) is 0 Å². The predicted molar refractivity (Wildman–Crippen MR) is 128 cm³/mol. The number of carbonyl (C=O) groups excluding carboxylic acids is 1. The molecule has 0 radical (unpaired) electrons. The second kappa shape index (κ2) is 11.0. The Morgan fingerprint density at radius 1 is 1.19 bits per heavy atom. The minimum atomic E-state index is -0.141. The SMILES string of the molecule is CCNC(=NCC(C)(C)NC(C)c1ccccc1)NC1CCN(C(=O)C2CCCC2)C1. The number of amides is 1. The van der Waals surface area contributed by atoms with Crippen LogP contribution < -0.4 is 16.0 Å². The van der Waals surface area contributed by atoms with Gasteiger partial charge >= 0.3 is 0 Å². The Labute approximate surface area is 188 Å². The molecule has 1 aromatic carbocycles. The van der Waals surface area contributed by atoms with Crippen LogP contribution in [0.1, 0.15) is 71.4 Å². The van der Waals surface area contributed by atoms with Gasteiger partial charge in [-0.15, -0.1) is 0 Å². The molecule has 0 bridgehead atoms. The normalized spacial score (nSPS) is 21.4. The van der Waals surface area contributed by atoms with Crippen molar-refractivity contribution in [3.05, 3.63) is 35.9 Å². The molecular formula is C25H41N5O. The van der Waals surface area contributed by atoms with Crippen molar-refractivity contribution in [2.45, 2.75) is 77.4 Å². The molecule has 1 heterocycles. The van der Waals surface area contributed by atoms with Crippen molar-refractivity contribution in [2.75, 3.05) is 26.2 Å². The van der Waals surface area contributed by atoms with Gasteiger partial charge in [0.2, 0.25) is 5.91 Å². The number of carbonyl (C=O) groups is 1. The van der Waals surface area contributed by atoms with Crippen molar-refractivity contribution in [1.82, 2.24) is 20.9 Å². The molecule has 0 aromatic heterocycles. The van der Waals surface area contributed by atoms with E-state index in [0.29, 0.717) is 12.5 Å². The molecule has 6 heteroatoms. The van der Waals surface area contributed by atoms with Crippen LogP contribution in [0.2, 0.25) is 0 Å². The van der Waals surface area contributed by atoms with E-state index in [4.69, 9.17) is 4.99 Å². The molecule has 3 N–H and O–H groups in total. The first-order chi connectivity index (χ1) is 14.9. The molecule has 6 nitrogen and oxygen atoms in total. The smallest absolute Gasteiger partial charge is 0.225 e. The highest BCUT2D eigenvalue weighted by molar-refractivity contribution is 5.81. The molecule has 2 unspecified atom stereocenters. The third kappa shape index (κ3) is 6.96. The average Bonchev–Trinajstić information content (AvgIpc) is 3.45. The van der Waals surface area contributed by atoms with E-state index in [1.807, 2.05) is 6.07 Å². The van der Waals surface area contributed by atoms with Crippen LogP contribution in [0, 0.1) is 5.92 Å². The molecular weight excluding hydrogens is 386 g/mol. The quantitative estimate of drug-likeness (QED) is 0.439. The second-order valence-corrected chi connectivity index (χ2v) is 9.75. The Morgan fingerprint density at radius 3 is 2.58 bits per heavy atom. The summed E-state index contributed by atoms with van der Waals surface area (Å²) in [5.74, 6) is 1.47. The van der Waals surface area contributed by atoms with Crippen LogP contribution >= 0.6 is 0 Å². The fourth-order valence-electron chi connectivity index (χ4n) is 4.76.